The number of nitrogens with one attached hydrogen (secondary N) is 4. The normalized spacial score (nSPS) is 11.6. The molecule has 6 rings (SSSR count). The number of phenolic OH excluding ortho intramolecular Hbond substituents is 2. The fourth-order valence-electron chi connectivity index (χ4n) is 5.72. The molecule has 0 saturated heterocycles. The topological polar surface area (TPSA) is 249 Å². The Hall–Kier alpha value is -6.53. The first-order valence-corrected chi connectivity index (χ1v) is 18.7. The van der Waals surface area contributed by atoms with Crippen LogP contribution >= 0.6 is 0 Å². The number of aryl methyl sites for hydroxylation is 2. The zero-order valence-corrected chi connectivity index (χ0v) is 29.8. The minimum atomic E-state index is -4.55. The van der Waals surface area contributed by atoms with Crippen LogP contribution in [0.15, 0.2) is 107 Å². The number of hydrogen-bond acceptors (Lipinski definition) is 9. The van der Waals surface area contributed by atoms with Crippen LogP contribution in [-0.4, -0.2) is 54.0 Å². The first-order valence-electron chi connectivity index (χ1n) is 15.8. The van der Waals surface area contributed by atoms with E-state index in [1.54, 1.807) is 38.1 Å². The van der Waals surface area contributed by atoms with Crippen LogP contribution < -0.4 is 21.3 Å². The maximum absolute atomic E-state index is 13.4. The van der Waals surface area contributed by atoms with Gasteiger partial charge in [-0.25, -0.2) is 4.79 Å². The van der Waals surface area contributed by atoms with Crippen LogP contribution in [-0.2, 0) is 20.2 Å². The van der Waals surface area contributed by atoms with Gasteiger partial charge in [-0.15, -0.1) is 0 Å². The highest BCUT2D eigenvalue weighted by Crippen LogP contribution is 2.35. The van der Waals surface area contributed by atoms with Gasteiger partial charge in [0.05, 0.1) is 9.79 Å². The molecule has 0 aromatic heterocycles. The summed E-state index contributed by atoms with van der Waals surface area (Å²) in [7, 11) is -9.09. The van der Waals surface area contributed by atoms with Gasteiger partial charge in [0, 0.05) is 55.4 Å². The Morgan fingerprint density at radius 3 is 1.24 bits per heavy atom. The number of carbonyl (C=O) groups excluding carboxylic acids is 3. The van der Waals surface area contributed by atoms with E-state index in [2.05, 4.69) is 21.3 Å². The monoisotopic (exact) mass is 770 g/mol. The van der Waals surface area contributed by atoms with Gasteiger partial charge in [-0.05, 0) is 97.8 Å². The molecule has 276 valence electrons. The van der Waals surface area contributed by atoms with Gasteiger partial charge in [-0.2, -0.15) is 16.8 Å². The largest absolute Gasteiger partial charge is 0.507 e. The predicted molar refractivity (Wildman–Crippen MR) is 202 cm³/mol. The van der Waals surface area contributed by atoms with Crippen molar-refractivity contribution in [3.05, 3.63) is 119 Å². The first-order chi connectivity index (χ1) is 25.4. The highest BCUT2D eigenvalue weighted by Gasteiger charge is 2.19. The SMILES string of the molecule is Cc1ccc(NC(=O)Nc2ccc(C)c(C(=O)Nc3ccc(O)c4cc(S(=O)(=O)O)ccc34)c2)cc1C(=O)Nc1ccc(O)c2cc(S(=O)(=O)O)ccc12. The molecule has 15 nitrogen and oxygen atoms in total. The summed E-state index contributed by atoms with van der Waals surface area (Å²) in [4.78, 5) is 39.0. The summed E-state index contributed by atoms with van der Waals surface area (Å²) in [6.45, 7) is 3.37. The molecule has 0 bridgehead atoms. The molecule has 0 spiro atoms. The van der Waals surface area contributed by atoms with Gasteiger partial charge in [0.15, 0.2) is 0 Å². The second-order valence-corrected chi connectivity index (χ2v) is 15.0. The quantitative estimate of drug-likeness (QED) is 0.0600. The van der Waals surface area contributed by atoms with Crippen LogP contribution in [0.1, 0.15) is 31.8 Å². The molecule has 0 unspecified atom stereocenters. The van der Waals surface area contributed by atoms with Crippen LogP contribution in [0.2, 0.25) is 0 Å². The Morgan fingerprint density at radius 2 is 0.870 bits per heavy atom. The van der Waals surface area contributed by atoms with Crippen LogP contribution in [0.4, 0.5) is 27.5 Å². The van der Waals surface area contributed by atoms with Crippen LogP contribution in [0.3, 0.4) is 0 Å². The Morgan fingerprint density at radius 1 is 0.481 bits per heavy atom. The molecule has 0 fully saturated rings. The molecule has 0 saturated carbocycles. The number of benzene rings is 6. The number of urea groups is 1. The lowest BCUT2D eigenvalue weighted by molar-refractivity contribution is 0.101. The lowest BCUT2D eigenvalue weighted by Gasteiger charge is -2.14. The molecule has 17 heteroatoms. The molecule has 4 amide bonds. The average molecular weight is 771 g/mol. The maximum atomic E-state index is 13.4. The number of aromatic hydroxyl groups is 2. The van der Waals surface area contributed by atoms with Crippen LogP contribution in [0, 0.1) is 13.8 Å². The van der Waals surface area contributed by atoms with Crippen LogP contribution in [0.25, 0.3) is 21.5 Å². The van der Waals surface area contributed by atoms with Gasteiger partial charge in [0.25, 0.3) is 32.1 Å². The number of amides is 4. The van der Waals surface area contributed by atoms with E-state index in [0.717, 1.165) is 24.3 Å². The van der Waals surface area contributed by atoms with Crippen molar-refractivity contribution >= 4 is 82.4 Å². The standard InChI is InChI=1S/C37H30N4O11S2/c1-19-3-5-21(15-27(19)35(44)40-31-11-13-33(42)29-17-23(53(47,48)49)7-9-25(29)31)38-37(46)39-22-6-4-20(2)28(16-22)36(45)41-32-12-14-34(43)30-18-24(54(50,51)52)8-10-26(30)32/h3-18,42-43H,1-2H3,(H,40,44)(H,41,45)(H2,38,39,46)(H,47,48,49)(H,50,51,52). The summed E-state index contributed by atoms with van der Waals surface area (Å²) in [5.74, 6) is -1.68. The Kier molecular flexibility index (Phi) is 9.74. The van der Waals surface area contributed by atoms with E-state index in [0.29, 0.717) is 21.9 Å². The molecule has 8 N–H and O–H groups in total. The number of hydrogen-bond donors (Lipinski definition) is 8. The van der Waals surface area contributed by atoms with E-state index in [-0.39, 0.29) is 56.1 Å². The van der Waals surface area contributed by atoms with E-state index >= 15 is 0 Å². The number of rotatable bonds is 8. The fraction of sp³-hybridized carbons (Fsp3) is 0.0541. The number of phenols is 2. The molecule has 0 atom stereocenters. The number of carbonyl (C=O) groups is 3. The van der Waals surface area contributed by atoms with Crippen molar-refractivity contribution in [3.63, 3.8) is 0 Å². The fourth-order valence-corrected chi connectivity index (χ4v) is 6.74. The third kappa shape index (κ3) is 7.79. The Labute approximate surface area is 307 Å². The zero-order chi connectivity index (χ0) is 39.1. The molecule has 6 aromatic rings. The summed E-state index contributed by atoms with van der Waals surface area (Å²) in [5.41, 5.74) is 2.48. The van der Waals surface area contributed by atoms with Gasteiger partial charge in [0.2, 0.25) is 0 Å². The maximum Gasteiger partial charge on any atom is 0.323 e. The van der Waals surface area contributed by atoms with Gasteiger partial charge in [0.1, 0.15) is 11.5 Å². The molecular formula is C37H30N4O11S2. The van der Waals surface area contributed by atoms with E-state index in [4.69, 9.17) is 0 Å². The highest BCUT2D eigenvalue weighted by molar-refractivity contribution is 7.86. The van der Waals surface area contributed by atoms with Gasteiger partial charge in [-0.1, -0.05) is 24.3 Å². The third-order valence-corrected chi connectivity index (χ3v) is 10.2. The van der Waals surface area contributed by atoms with Crippen molar-refractivity contribution in [2.75, 3.05) is 21.3 Å². The summed E-state index contributed by atoms with van der Waals surface area (Å²) in [6, 6.07) is 21.1. The molecule has 6 aromatic carbocycles. The van der Waals surface area contributed by atoms with E-state index in [1.165, 1.54) is 48.5 Å². The predicted octanol–water partition coefficient (Wildman–Crippen LogP) is 6.66. The summed E-state index contributed by atoms with van der Waals surface area (Å²) in [6.07, 6.45) is 0. The van der Waals surface area contributed by atoms with E-state index < -0.39 is 47.9 Å². The Bertz CT molecular complexity index is 2600. The molecule has 54 heavy (non-hydrogen) atoms. The second kappa shape index (κ2) is 14.1. The van der Waals surface area contributed by atoms with Gasteiger partial charge in [-0.3, -0.25) is 18.7 Å². The van der Waals surface area contributed by atoms with Crippen molar-refractivity contribution in [1.29, 1.82) is 0 Å². The molecule has 0 radical (unpaired) electrons. The molecule has 0 aliphatic rings. The van der Waals surface area contributed by atoms with Crippen molar-refractivity contribution in [1.82, 2.24) is 0 Å². The van der Waals surface area contributed by atoms with E-state index in [9.17, 15) is 50.5 Å². The molecule has 0 aliphatic heterocycles. The van der Waals surface area contributed by atoms with E-state index in [1.807, 2.05) is 0 Å². The minimum Gasteiger partial charge on any atom is -0.507 e. The number of anilines is 4. The van der Waals surface area contributed by atoms with Gasteiger partial charge < -0.3 is 31.5 Å². The third-order valence-electron chi connectivity index (χ3n) is 8.50. The lowest BCUT2D eigenvalue weighted by Crippen LogP contribution is -2.21. The van der Waals surface area contributed by atoms with Crippen LogP contribution in [0.5, 0.6) is 11.5 Å². The smallest absolute Gasteiger partial charge is 0.323 e. The van der Waals surface area contributed by atoms with Crippen molar-refractivity contribution in [2.24, 2.45) is 0 Å². The summed E-state index contributed by atoms with van der Waals surface area (Å²) in [5, 5.41) is 32.1. The minimum absolute atomic E-state index is 0.0780. The molecule has 0 heterocycles. The highest BCUT2D eigenvalue weighted by atomic mass is 32.2. The molecular weight excluding hydrogens is 741 g/mol. The molecule has 0 aliphatic carbocycles. The van der Waals surface area contributed by atoms with Crippen molar-refractivity contribution in [3.8, 4) is 11.5 Å². The van der Waals surface area contributed by atoms with Gasteiger partial charge >= 0.3 is 6.03 Å². The Balaban J connectivity index is 1.17. The second-order valence-electron chi connectivity index (χ2n) is 12.2. The average Bonchev–Trinajstić information content (AvgIpc) is 3.11. The first kappa shape index (κ1) is 37.2. The summed E-state index contributed by atoms with van der Waals surface area (Å²) >= 11 is 0. The summed E-state index contributed by atoms with van der Waals surface area (Å²) < 4.78 is 65.2. The lowest BCUT2D eigenvalue weighted by atomic mass is 10.0. The number of fused-ring (bicyclic) bond motifs is 2. The van der Waals surface area contributed by atoms with Crippen molar-refractivity contribution in [2.45, 2.75) is 23.6 Å². The zero-order valence-electron chi connectivity index (χ0n) is 28.2. The van der Waals surface area contributed by atoms with Crippen molar-refractivity contribution < 1.29 is 50.5 Å².